The zero-order chi connectivity index (χ0) is 13.0. The van der Waals surface area contributed by atoms with Gasteiger partial charge in [0.2, 0.25) is 11.7 Å². The van der Waals surface area contributed by atoms with Crippen molar-refractivity contribution in [1.82, 2.24) is 0 Å². The first-order chi connectivity index (χ1) is 8.74. The first-order valence-corrected chi connectivity index (χ1v) is 6.32. The van der Waals surface area contributed by atoms with Gasteiger partial charge in [-0.15, -0.1) is 0 Å². The molecule has 2 heteroatoms. The second-order valence-electron chi connectivity index (χ2n) is 4.36. The molecule has 0 saturated heterocycles. The summed E-state index contributed by atoms with van der Waals surface area (Å²) in [6.45, 7) is 3.86. The highest BCUT2D eigenvalue weighted by Gasteiger charge is 2.23. The van der Waals surface area contributed by atoms with Gasteiger partial charge in [0, 0.05) is 31.0 Å². The van der Waals surface area contributed by atoms with E-state index < -0.39 is 0 Å². The molecule has 2 aromatic rings. The second-order valence-corrected chi connectivity index (χ2v) is 4.36. The molecule has 0 aliphatic rings. The summed E-state index contributed by atoms with van der Waals surface area (Å²) in [6.07, 6.45) is 2.54. The molecule has 0 radical (unpaired) electrons. The van der Waals surface area contributed by atoms with Gasteiger partial charge in [0.15, 0.2) is 12.0 Å². The lowest BCUT2D eigenvalue weighted by molar-refractivity contribution is -0.695. The number of benzene rings is 1. The highest BCUT2D eigenvalue weighted by molar-refractivity contribution is 5.80. The molecule has 0 fully saturated rings. The molecule has 18 heavy (non-hydrogen) atoms. The van der Waals surface area contributed by atoms with Crippen LogP contribution in [0.5, 0.6) is 0 Å². The van der Waals surface area contributed by atoms with Crippen LogP contribution in [0.15, 0.2) is 54.7 Å². The number of ketones is 1. The smallest absolute Gasteiger partial charge is 0.213 e. The Morgan fingerprint density at radius 2 is 1.78 bits per heavy atom. The van der Waals surface area contributed by atoms with Gasteiger partial charge in [0.05, 0.1) is 0 Å². The van der Waals surface area contributed by atoms with Crippen LogP contribution in [0.25, 0.3) is 11.3 Å². The maximum atomic E-state index is 11.9. The molecule has 1 atom stereocenters. The summed E-state index contributed by atoms with van der Waals surface area (Å²) in [4.78, 5) is 11.9. The SMILES string of the molecule is CCC(=O)C(C)[n+]1ccccc1-c1ccccc1. The first-order valence-electron chi connectivity index (χ1n) is 6.32. The maximum Gasteiger partial charge on any atom is 0.213 e. The number of carbonyl (C=O) groups is 1. The van der Waals surface area contributed by atoms with Gasteiger partial charge in [-0.05, 0) is 18.2 Å². The highest BCUT2D eigenvalue weighted by atomic mass is 16.1. The fourth-order valence-electron chi connectivity index (χ4n) is 2.10. The monoisotopic (exact) mass is 240 g/mol. The third-order valence-corrected chi connectivity index (χ3v) is 3.19. The third kappa shape index (κ3) is 2.48. The zero-order valence-corrected chi connectivity index (χ0v) is 10.8. The number of nitrogens with zero attached hydrogens (tertiary/aromatic N) is 1. The fraction of sp³-hybridized carbons (Fsp3) is 0.250. The zero-order valence-electron chi connectivity index (χ0n) is 10.8. The van der Waals surface area contributed by atoms with Gasteiger partial charge < -0.3 is 0 Å². The van der Waals surface area contributed by atoms with Gasteiger partial charge in [-0.3, -0.25) is 4.79 Å². The quantitative estimate of drug-likeness (QED) is 0.752. The van der Waals surface area contributed by atoms with Gasteiger partial charge in [-0.2, -0.15) is 4.57 Å². The number of hydrogen-bond donors (Lipinski definition) is 0. The largest absolute Gasteiger partial charge is 0.292 e. The predicted octanol–water partition coefficient (Wildman–Crippen LogP) is 3.18. The normalized spacial score (nSPS) is 12.1. The van der Waals surface area contributed by atoms with Crippen LogP contribution in [0.3, 0.4) is 0 Å². The molecule has 92 valence electrons. The lowest BCUT2D eigenvalue weighted by Gasteiger charge is -2.09. The van der Waals surface area contributed by atoms with Crippen molar-refractivity contribution in [3.63, 3.8) is 0 Å². The Labute approximate surface area is 108 Å². The van der Waals surface area contributed by atoms with E-state index >= 15 is 0 Å². The lowest BCUT2D eigenvalue weighted by Crippen LogP contribution is -2.43. The molecule has 1 heterocycles. The van der Waals surface area contributed by atoms with Crippen molar-refractivity contribution in [2.75, 3.05) is 0 Å². The van der Waals surface area contributed by atoms with Crippen molar-refractivity contribution in [3.8, 4) is 11.3 Å². The highest BCUT2D eigenvalue weighted by Crippen LogP contribution is 2.16. The molecule has 2 nitrogen and oxygen atoms in total. The van der Waals surface area contributed by atoms with Crippen molar-refractivity contribution in [3.05, 3.63) is 54.7 Å². The molecule has 1 aromatic heterocycles. The van der Waals surface area contributed by atoms with E-state index in [4.69, 9.17) is 0 Å². The molecular weight excluding hydrogens is 222 g/mol. The summed E-state index contributed by atoms with van der Waals surface area (Å²) >= 11 is 0. The summed E-state index contributed by atoms with van der Waals surface area (Å²) in [6, 6.07) is 16.0. The van der Waals surface area contributed by atoms with Crippen molar-refractivity contribution >= 4 is 5.78 Å². The predicted molar refractivity (Wildman–Crippen MR) is 72.1 cm³/mol. The van der Waals surface area contributed by atoms with E-state index in [9.17, 15) is 4.79 Å². The van der Waals surface area contributed by atoms with Crippen LogP contribution in [-0.2, 0) is 4.79 Å². The van der Waals surface area contributed by atoms with Crippen LogP contribution in [0, 0.1) is 0 Å². The Kier molecular flexibility index (Phi) is 3.88. The average Bonchev–Trinajstić information content (AvgIpc) is 2.46. The van der Waals surface area contributed by atoms with Crippen molar-refractivity contribution in [2.24, 2.45) is 0 Å². The van der Waals surface area contributed by atoms with Crippen LogP contribution < -0.4 is 4.57 Å². The summed E-state index contributed by atoms with van der Waals surface area (Å²) in [5.41, 5.74) is 2.21. The van der Waals surface area contributed by atoms with Crippen molar-refractivity contribution < 1.29 is 9.36 Å². The molecular formula is C16H18NO+. The number of Topliss-reactive ketones (excluding diaryl/α,β-unsaturated/α-hetero) is 1. The van der Waals surface area contributed by atoms with Crippen molar-refractivity contribution in [1.29, 1.82) is 0 Å². The van der Waals surface area contributed by atoms with E-state index in [-0.39, 0.29) is 11.8 Å². The summed E-state index contributed by atoms with van der Waals surface area (Å²) in [5.74, 6) is 0.253. The second kappa shape index (κ2) is 5.58. The van der Waals surface area contributed by atoms with Crippen LogP contribution in [0.4, 0.5) is 0 Å². The molecule has 0 aliphatic carbocycles. The van der Waals surface area contributed by atoms with Crippen molar-refractivity contribution in [2.45, 2.75) is 26.3 Å². The molecule has 1 unspecified atom stereocenters. The number of pyridine rings is 1. The minimum atomic E-state index is -0.119. The Balaban J connectivity index is 2.47. The number of hydrogen-bond acceptors (Lipinski definition) is 1. The summed E-state index contributed by atoms with van der Waals surface area (Å²) in [7, 11) is 0. The van der Waals surface area contributed by atoms with Gasteiger partial charge >= 0.3 is 0 Å². The maximum absolute atomic E-state index is 11.9. The van der Waals surface area contributed by atoms with Crippen LogP contribution in [0.1, 0.15) is 26.3 Å². The van der Waals surface area contributed by atoms with E-state index in [1.165, 1.54) is 0 Å². The Morgan fingerprint density at radius 1 is 1.11 bits per heavy atom. The molecule has 0 bridgehead atoms. The average molecular weight is 240 g/mol. The molecule has 0 amide bonds. The third-order valence-electron chi connectivity index (χ3n) is 3.19. The van der Waals surface area contributed by atoms with Gasteiger partial charge in [0.1, 0.15) is 0 Å². The van der Waals surface area contributed by atoms with Gasteiger partial charge in [-0.25, -0.2) is 0 Å². The molecule has 0 spiro atoms. The van der Waals surface area contributed by atoms with E-state index in [0.29, 0.717) is 6.42 Å². The van der Waals surface area contributed by atoms with Gasteiger partial charge in [-0.1, -0.05) is 25.1 Å². The standard InChI is InChI=1S/C16H18NO/c1-3-16(18)13(2)17-12-8-7-11-15(17)14-9-5-4-6-10-14/h4-13H,3H2,1-2H3/q+1. The van der Waals surface area contributed by atoms with Crippen LogP contribution in [-0.4, -0.2) is 5.78 Å². The molecule has 1 aromatic carbocycles. The van der Waals surface area contributed by atoms with E-state index in [0.717, 1.165) is 11.3 Å². The lowest BCUT2D eigenvalue weighted by atomic mass is 10.1. The summed E-state index contributed by atoms with van der Waals surface area (Å²) < 4.78 is 2.04. The molecule has 0 saturated carbocycles. The van der Waals surface area contributed by atoms with Crippen LogP contribution >= 0.6 is 0 Å². The van der Waals surface area contributed by atoms with E-state index in [1.807, 2.05) is 54.9 Å². The fourth-order valence-corrected chi connectivity index (χ4v) is 2.10. The molecule has 2 rings (SSSR count). The van der Waals surface area contributed by atoms with Gasteiger partial charge in [0.25, 0.3) is 0 Å². The number of aromatic nitrogens is 1. The minimum Gasteiger partial charge on any atom is -0.292 e. The molecule has 0 aliphatic heterocycles. The number of carbonyl (C=O) groups excluding carboxylic acids is 1. The van der Waals surface area contributed by atoms with E-state index in [2.05, 4.69) is 18.2 Å². The Bertz CT molecular complexity index is 534. The molecule has 0 N–H and O–H groups in total. The minimum absolute atomic E-state index is 0.119. The number of rotatable bonds is 4. The van der Waals surface area contributed by atoms with Crippen LogP contribution in [0.2, 0.25) is 0 Å². The Hall–Kier alpha value is -1.96. The Morgan fingerprint density at radius 3 is 2.44 bits per heavy atom. The first kappa shape index (κ1) is 12.5. The summed E-state index contributed by atoms with van der Waals surface area (Å²) in [5, 5.41) is 0. The topological polar surface area (TPSA) is 20.9 Å². The van der Waals surface area contributed by atoms with E-state index in [1.54, 1.807) is 0 Å².